The van der Waals surface area contributed by atoms with Crippen LogP contribution in [0.2, 0.25) is 0 Å². The molecule has 2 aromatic rings. The number of rotatable bonds is 9. The largest absolute Gasteiger partial charge is 0.444 e. The van der Waals surface area contributed by atoms with Crippen LogP contribution in [0, 0.1) is 0 Å². The second-order valence-electron chi connectivity index (χ2n) is 8.29. The molecule has 0 aliphatic heterocycles. The Morgan fingerprint density at radius 2 is 1.69 bits per heavy atom. The van der Waals surface area contributed by atoms with E-state index in [1.807, 2.05) is 48.5 Å². The van der Waals surface area contributed by atoms with E-state index in [2.05, 4.69) is 31.9 Å². The molecule has 0 fully saturated rings. The second-order valence-corrected chi connectivity index (χ2v) is 9.21. The summed E-state index contributed by atoms with van der Waals surface area (Å²) in [6.45, 7) is 5.77. The van der Waals surface area contributed by atoms with Crippen molar-refractivity contribution in [3.63, 3.8) is 0 Å². The molecule has 8 heteroatoms. The minimum atomic E-state index is -0.585. The van der Waals surface area contributed by atoms with Crippen LogP contribution in [-0.2, 0) is 27.3 Å². The predicted octanol–water partition coefficient (Wildman–Crippen LogP) is 4.55. The van der Waals surface area contributed by atoms with Gasteiger partial charge in [-0.2, -0.15) is 0 Å². The van der Waals surface area contributed by atoms with Crippen LogP contribution >= 0.6 is 15.9 Å². The zero-order valence-corrected chi connectivity index (χ0v) is 20.3. The molecule has 0 unspecified atom stereocenters. The van der Waals surface area contributed by atoms with Gasteiger partial charge in [0.15, 0.2) is 0 Å². The van der Waals surface area contributed by atoms with Crippen LogP contribution in [0.1, 0.15) is 44.7 Å². The lowest BCUT2D eigenvalue weighted by atomic mass is 10.1. The molecular formula is C24H30BrN3O4. The number of hydrogen-bond acceptors (Lipinski definition) is 4. The first kappa shape index (κ1) is 25.4. The van der Waals surface area contributed by atoms with Gasteiger partial charge in [-0.1, -0.05) is 46.3 Å². The Bertz CT molecular complexity index is 941. The molecule has 32 heavy (non-hydrogen) atoms. The number of aryl methyl sites for hydroxylation is 1. The zero-order chi connectivity index (χ0) is 23.6. The highest BCUT2D eigenvalue weighted by atomic mass is 79.9. The van der Waals surface area contributed by atoms with Crippen LogP contribution in [-0.4, -0.2) is 30.1 Å². The maximum atomic E-state index is 12.4. The molecule has 3 amide bonds. The van der Waals surface area contributed by atoms with E-state index in [-0.39, 0.29) is 31.3 Å². The fourth-order valence-electron chi connectivity index (χ4n) is 2.83. The lowest BCUT2D eigenvalue weighted by Gasteiger charge is -2.19. The van der Waals surface area contributed by atoms with E-state index < -0.39 is 11.7 Å². The fraction of sp³-hybridized carbons (Fsp3) is 0.375. The topological polar surface area (TPSA) is 96.5 Å². The van der Waals surface area contributed by atoms with Crippen molar-refractivity contribution in [3.8, 4) is 0 Å². The molecule has 0 saturated carbocycles. The van der Waals surface area contributed by atoms with Crippen molar-refractivity contribution >= 4 is 39.5 Å². The van der Waals surface area contributed by atoms with E-state index in [1.165, 1.54) is 0 Å². The third-order valence-corrected chi connectivity index (χ3v) is 4.81. The van der Waals surface area contributed by atoms with Crippen LogP contribution in [0.5, 0.6) is 0 Å². The third kappa shape index (κ3) is 9.96. The average molecular weight is 504 g/mol. The molecule has 0 spiro atoms. The zero-order valence-electron chi connectivity index (χ0n) is 18.7. The lowest BCUT2D eigenvalue weighted by molar-refractivity contribution is -0.121. The Labute approximate surface area is 197 Å². The number of carbonyl (C=O) groups excluding carboxylic acids is 3. The molecule has 0 aliphatic carbocycles. The highest BCUT2D eigenvalue weighted by Gasteiger charge is 2.16. The number of para-hydroxylation sites is 1. The Balaban J connectivity index is 1.78. The first-order chi connectivity index (χ1) is 15.1. The molecule has 172 valence electrons. The highest BCUT2D eigenvalue weighted by molar-refractivity contribution is 9.10. The Kier molecular flexibility index (Phi) is 9.71. The van der Waals surface area contributed by atoms with Crippen molar-refractivity contribution in [1.82, 2.24) is 10.6 Å². The van der Waals surface area contributed by atoms with Gasteiger partial charge in [-0.25, -0.2) is 4.79 Å². The number of ether oxygens (including phenoxy) is 1. The van der Waals surface area contributed by atoms with Gasteiger partial charge in [0.2, 0.25) is 11.8 Å². The van der Waals surface area contributed by atoms with E-state index in [0.717, 1.165) is 15.6 Å². The van der Waals surface area contributed by atoms with E-state index >= 15 is 0 Å². The number of amides is 3. The summed E-state index contributed by atoms with van der Waals surface area (Å²) in [4.78, 5) is 36.1. The maximum Gasteiger partial charge on any atom is 0.407 e. The van der Waals surface area contributed by atoms with Crippen molar-refractivity contribution in [2.24, 2.45) is 0 Å². The van der Waals surface area contributed by atoms with Gasteiger partial charge < -0.3 is 20.7 Å². The van der Waals surface area contributed by atoms with E-state index in [4.69, 9.17) is 4.74 Å². The minimum Gasteiger partial charge on any atom is -0.444 e. The molecule has 0 aliphatic rings. The molecular weight excluding hydrogens is 474 g/mol. The van der Waals surface area contributed by atoms with Crippen molar-refractivity contribution in [2.75, 3.05) is 11.9 Å². The van der Waals surface area contributed by atoms with Crippen LogP contribution in [0.15, 0.2) is 53.0 Å². The second kappa shape index (κ2) is 12.2. The highest BCUT2D eigenvalue weighted by Crippen LogP contribution is 2.17. The quantitative estimate of drug-likeness (QED) is 0.467. The van der Waals surface area contributed by atoms with Gasteiger partial charge in [-0.15, -0.1) is 0 Å². The van der Waals surface area contributed by atoms with Crippen molar-refractivity contribution in [2.45, 2.75) is 52.2 Å². The summed E-state index contributed by atoms with van der Waals surface area (Å²) in [7, 11) is 0. The molecule has 7 nitrogen and oxygen atoms in total. The molecule has 2 aromatic carbocycles. The van der Waals surface area contributed by atoms with Gasteiger partial charge >= 0.3 is 6.09 Å². The average Bonchev–Trinajstić information content (AvgIpc) is 2.70. The Morgan fingerprint density at radius 1 is 0.938 bits per heavy atom. The number of alkyl carbamates (subject to hydrolysis) is 1. The Morgan fingerprint density at radius 3 is 2.41 bits per heavy atom. The summed E-state index contributed by atoms with van der Waals surface area (Å²) >= 11 is 3.43. The van der Waals surface area contributed by atoms with Crippen molar-refractivity contribution in [1.29, 1.82) is 0 Å². The first-order valence-electron chi connectivity index (χ1n) is 10.5. The smallest absolute Gasteiger partial charge is 0.407 e. The molecule has 0 bridgehead atoms. The van der Waals surface area contributed by atoms with Crippen LogP contribution in [0.3, 0.4) is 0 Å². The van der Waals surface area contributed by atoms with Gasteiger partial charge in [-0.05, 0) is 56.5 Å². The normalized spacial score (nSPS) is 10.9. The standard InChI is InChI=1S/C24H30BrN3O4/c1-24(2,3)32-23(31)26-14-13-21(29)27-16-18-8-4-5-10-20(18)28-22(30)12-11-17-7-6-9-19(25)15-17/h4-10,15H,11-14,16H2,1-3H3,(H,26,31)(H,27,29)(H,28,30). The predicted molar refractivity (Wildman–Crippen MR) is 128 cm³/mol. The van der Waals surface area contributed by atoms with Crippen molar-refractivity contribution in [3.05, 3.63) is 64.1 Å². The number of carbonyl (C=O) groups is 3. The van der Waals surface area contributed by atoms with Gasteiger partial charge in [-0.3, -0.25) is 9.59 Å². The maximum absolute atomic E-state index is 12.4. The number of anilines is 1. The van der Waals surface area contributed by atoms with E-state index in [1.54, 1.807) is 20.8 Å². The minimum absolute atomic E-state index is 0.0923. The summed E-state index contributed by atoms with van der Waals surface area (Å²) in [5, 5.41) is 8.29. The monoisotopic (exact) mass is 503 g/mol. The van der Waals surface area contributed by atoms with Crippen molar-refractivity contribution < 1.29 is 19.1 Å². The number of halogens is 1. The van der Waals surface area contributed by atoms with Gasteiger partial charge in [0.05, 0.1) is 0 Å². The van der Waals surface area contributed by atoms with Crippen LogP contribution in [0.25, 0.3) is 0 Å². The molecule has 0 aromatic heterocycles. The molecule has 0 atom stereocenters. The van der Waals surface area contributed by atoms with Gasteiger partial charge in [0.25, 0.3) is 0 Å². The summed E-state index contributed by atoms with van der Waals surface area (Å²) in [6, 6.07) is 15.2. The number of benzene rings is 2. The van der Waals surface area contributed by atoms with E-state index in [0.29, 0.717) is 18.5 Å². The molecule has 2 rings (SSSR count). The summed E-state index contributed by atoms with van der Waals surface area (Å²) in [5.41, 5.74) is 1.96. The summed E-state index contributed by atoms with van der Waals surface area (Å²) in [6.07, 6.45) is 0.559. The van der Waals surface area contributed by atoms with Crippen LogP contribution in [0.4, 0.5) is 10.5 Å². The summed E-state index contributed by atoms with van der Waals surface area (Å²) in [5.74, 6) is -0.304. The molecule has 0 heterocycles. The first-order valence-corrected chi connectivity index (χ1v) is 11.3. The lowest BCUT2D eigenvalue weighted by Crippen LogP contribution is -2.35. The third-order valence-electron chi connectivity index (χ3n) is 4.32. The Hall–Kier alpha value is -2.87. The SMILES string of the molecule is CC(C)(C)OC(=O)NCCC(=O)NCc1ccccc1NC(=O)CCc1cccc(Br)c1. The number of nitrogens with one attached hydrogen (secondary N) is 3. The molecule has 3 N–H and O–H groups in total. The van der Waals surface area contributed by atoms with E-state index in [9.17, 15) is 14.4 Å². The van der Waals surface area contributed by atoms with Gasteiger partial charge in [0, 0.05) is 36.1 Å². The summed E-state index contributed by atoms with van der Waals surface area (Å²) < 4.78 is 6.12. The number of hydrogen-bond donors (Lipinski definition) is 3. The van der Waals surface area contributed by atoms with Gasteiger partial charge in [0.1, 0.15) is 5.60 Å². The molecule has 0 saturated heterocycles. The van der Waals surface area contributed by atoms with Crippen LogP contribution < -0.4 is 16.0 Å². The fourth-order valence-corrected chi connectivity index (χ4v) is 3.28. The molecule has 0 radical (unpaired) electrons.